The summed E-state index contributed by atoms with van der Waals surface area (Å²) < 4.78 is 10.1. The largest absolute Gasteiger partial charge is 0.450 e. The van der Waals surface area contributed by atoms with E-state index in [1.54, 1.807) is 12.0 Å². The van der Waals surface area contributed by atoms with Crippen molar-refractivity contribution >= 4 is 11.8 Å². The third kappa shape index (κ3) is 4.63. The molecule has 1 saturated heterocycles. The Bertz CT molecular complexity index is 439. The summed E-state index contributed by atoms with van der Waals surface area (Å²) in [5.74, 6) is 0. The molecule has 0 saturated carbocycles. The minimum Gasteiger partial charge on any atom is -0.450 e. The van der Waals surface area contributed by atoms with E-state index >= 15 is 0 Å². The molecule has 0 atom stereocenters. The number of rotatable bonds is 5. The van der Waals surface area contributed by atoms with E-state index in [0.717, 1.165) is 31.6 Å². The molecule has 0 aliphatic carbocycles. The number of benzene rings is 1. The van der Waals surface area contributed by atoms with Gasteiger partial charge < -0.3 is 19.7 Å². The lowest BCUT2D eigenvalue weighted by Gasteiger charge is -2.32. The summed E-state index contributed by atoms with van der Waals surface area (Å²) >= 11 is 0. The van der Waals surface area contributed by atoms with Crippen molar-refractivity contribution in [3.8, 4) is 0 Å². The second kappa shape index (κ2) is 7.88. The number of methoxy groups -OCH3 is 1. The predicted octanol–water partition coefficient (Wildman–Crippen LogP) is 2.87. The molecule has 1 amide bonds. The Hall–Kier alpha value is -1.75. The van der Waals surface area contributed by atoms with Crippen LogP contribution >= 0.6 is 0 Å². The maximum absolute atomic E-state index is 11.6. The van der Waals surface area contributed by atoms with E-state index in [0.29, 0.717) is 19.3 Å². The smallest absolute Gasteiger partial charge is 0.409 e. The van der Waals surface area contributed by atoms with Gasteiger partial charge in [0.1, 0.15) is 0 Å². The van der Waals surface area contributed by atoms with Gasteiger partial charge >= 0.3 is 6.09 Å². The van der Waals surface area contributed by atoms with Gasteiger partial charge in [-0.2, -0.15) is 0 Å². The minimum absolute atomic E-state index is 0.195. The van der Waals surface area contributed by atoms with E-state index < -0.39 is 0 Å². The quantitative estimate of drug-likeness (QED) is 0.906. The van der Waals surface area contributed by atoms with Crippen molar-refractivity contribution in [3.63, 3.8) is 0 Å². The van der Waals surface area contributed by atoms with E-state index in [1.165, 1.54) is 5.56 Å². The molecule has 1 aromatic carbocycles. The van der Waals surface area contributed by atoms with E-state index in [2.05, 4.69) is 29.6 Å². The number of carbonyl (C=O) groups is 1. The van der Waals surface area contributed by atoms with Crippen LogP contribution in [0.5, 0.6) is 0 Å². The van der Waals surface area contributed by atoms with Crippen molar-refractivity contribution in [1.82, 2.24) is 4.90 Å². The molecule has 2 rings (SSSR count). The molecule has 21 heavy (non-hydrogen) atoms. The van der Waals surface area contributed by atoms with Crippen LogP contribution in [0.4, 0.5) is 10.5 Å². The van der Waals surface area contributed by atoms with Crippen molar-refractivity contribution in [2.45, 2.75) is 32.4 Å². The number of nitrogens with zero attached hydrogens (tertiary/aromatic N) is 1. The van der Waals surface area contributed by atoms with Crippen molar-refractivity contribution in [3.05, 3.63) is 29.8 Å². The molecule has 5 heteroatoms. The van der Waals surface area contributed by atoms with Crippen LogP contribution in [0.3, 0.4) is 0 Å². The second-order valence-electron chi connectivity index (χ2n) is 5.23. The Labute approximate surface area is 126 Å². The number of hydrogen-bond acceptors (Lipinski definition) is 4. The van der Waals surface area contributed by atoms with Crippen molar-refractivity contribution in [2.75, 3.05) is 32.1 Å². The molecule has 1 heterocycles. The number of amides is 1. The van der Waals surface area contributed by atoms with Gasteiger partial charge in [0.2, 0.25) is 0 Å². The van der Waals surface area contributed by atoms with Gasteiger partial charge in [-0.25, -0.2) is 4.79 Å². The minimum atomic E-state index is -0.195. The van der Waals surface area contributed by atoms with Crippen LogP contribution in [-0.2, 0) is 16.1 Å². The Morgan fingerprint density at radius 1 is 1.29 bits per heavy atom. The standard InChI is InChI=1S/C16H24N2O3/c1-3-21-16(19)18-10-8-15(9-11-18)17-14-6-4-13(5-7-14)12-20-2/h4-7,15,17H,3,8-12H2,1-2H3. The highest BCUT2D eigenvalue weighted by atomic mass is 16.6. The average molecular weight is 292 g/mol. The predicted molar refractivity (Wildman–Crippen MR) is 82.4 cm³/mol. The summed E-state index contributed by atoms with van der Waals surface area (Å²) in [4.78, 5) is 13.4. The van der Waals surface area contributed by atoms with Crippen molar-refractivity contribution in [1.29, 1.82) is 0 Å². The monoisotopic (exact) mass is 292 g/mol. The van der Waals surface area contributed by atoms with Crippen LogP contribution in [0.15, 0.2) is 24.3 Å². The van der Waals surface area contributed by atoms with E-state index in [9.17, 15) is 4.79 Å². The number of likely N-dealkylation sites (tertiary alicyclic amines) is 1. The number of nitrogens with one attached hydrogen (secondary N) is 1. The van der Waals surface area contributed by atoms with Crippen LogP contribution in [0.2, 0.25) is 0 Å². The number of carbonyl (C=O) groups excluding carboxylic acids is 1. The first kappa shape index (κ1) is 15.6. The second-order valence-corrected chi connectivity index (χ2v) is 5.23. The van der Waals surface area contributed by atoms with Gasteiger partial charge in [-0.05, 0) is 37.5 Å². The Morgan fingerprint density at radius 2 is 1.95 bits per heavy atom. The highest BCUT2D eigenvalue weighted by Crippen LogP contribution is 2.18. The lowest BCUT2D eigenvalue weighted by Crippen LogP contribution is -2.42. The summed E-state index contributed by atoms with van der Waals surface area (Å²) in [6.45, 7) is 4.40. The van der Waals surface area contributed by atoms with Gasteiger partial charge in [-0.1, -0.05) is 12.1 Å². The highest BCUT2D eigenvalue weighted by molar-refractivity contribution is 5.67. The first-order valence-corrected chi connectivity index (χ1v) is 7.49. The molecular weight excluding hydrogens is 268 g/mol. The van der Waals surface area contributed by atoms with E-state index in [4.69, 9.17) is 9.47 Å². The Kier molecular flexibility index (Phi) is 5.87. The third-order valence-corrected chi connectivity index (χ3v) is 3.66. The zero-order chi connectivity index (χ0) is 15.1. The summed E-state index contributed by atoms with van der Waals surface area (Å²) in [5, 5.41) is 3.52. The van der Waals surface area contributed by atoms with Crippen LogP contribution in [0.25, 0.3) is 0 Å². The van der Waals surface area contributed by atoms with Crippen molar-refractivity contribution in [2.24, 2.45) is 0 Å². The molecule has 116 valence electrons. The van der Waals surface area contributed by atoms with Gasteiger partial charge in [-0.3, -0.25) is 0 Å². The Balaban J connectivity index is 1.79. The summed E-state index contributed by atoms with van der Waals surface area (Å²) in [6.07, 6.45) is 1.69. The van der Waals surface area contributed by atoms with Gasteiger partial charge in [0.25, 0.3) is 0 Å². The first-order chi connectivity index (χ1) is 10.2. The molecule has 5 nitrogen and oxygen atoms in total. The van der Waals surface area contributed by atoms with Gasteiger partial charge in [0.05, 0.1) is 13.2 Å². The summed E-state index contributed by atoms with van der Waals surface area (Å²) in [6, 6.07) is 8.70. The molecule has 0 bridgehead atoms. The van der Waals surface area contributed by atoms with E-state index in [1.807, 2.05) is 6.92 Å². The van der Waals surface area contributed by atoms with Crippen LogP contribution < -0.4 is 5.32 Å². The zero-order valence-corrected chi connectivity index (χ0v) is 12.8. The van der Waals surface area contributed by atoms with Gasteiger partial charge in [0.15, 0.2) is 0 Å². The zero-order valence-electron chi connectivity index (χ0n) is 12.8. The number of hydrogen-bond donors (Lipinski definition) is 1. The molecule has 0 radical (unpaired) electrons. The normalized spacial score (nSPS) is 15.8. The van der Waals surface area contributed by atoms with Gasteiger partial charge in [-0.15, -0.1) is 0 Å². The molecule has 0 aromatic heterocycles. The summed E-state index contributed by atoms with van der Waals surface area (Å²) in [7, 11) is 1.70. The van der Waals surface area contributed by atoms with Crippen molar-refractivity contribution < 1.29 is 14.3 Å². The number of ether oxygens (including phenoxy) is 2. The molecule has 1 N–H and O–H groups in total. The Morgan fingerprint density at radius 3 is 2.52 bits per heavy atom. The molecule has 1 aromatic rings. The third-order valence-electron chi connectivity index (χ3n) is 3.66. The molecule has 1 aliphatic heterocycles. The lowest BCUT2D eigenvalue weighted by atomic mass is 10.0. The first-order valence-electron chi connectivity index (χ1n) is 7.49. The average Bonchev–Trinajstić information content (AvgIpc) is 2.50. The van der Waals surface area contributed by atoms with Crippen LogP contribution in [0, 0.1) is 0 Å². The maximum atomic E-state index is 11.6. The highest BCUT2D eigenvalue weighted by Gasteiger charge is 2.23. The van der Waals surface area contributed by atoms with Gasteiger partial charge in [0, 0.05) is 31.9 Å². The SMILES string of the molecule is CCOC(=O)N1CCC(Nc2ccc(COC)cc2)CC1. The van der Waals surface area contributed by atoms with Crippen LogP contribution in [-0.4, -0.2) is 43.8 Å². The fraction of sp³-hybridized carbons (Fsp3) is 0.562. The van der Waals surface area contributed by atoms with Crippen LogP contribution in [0.1, 0.15) is 25.3 Å². The maximum Gasteiger partial charge on any atom is 0.409 e. The lowest BCUT2D eigenvalue weighted by molar-refractivity contribution is 0.0983. The molecular formula is C16H24N2O3. The molecule has 1 fully saturated rings. The molecule has 1 aliphatic rings. The summed E-state index contributed by atoms with van der Waals surface area (Å²) in [5.41, 5.74) is 2.28. The fourth-order valence-corrected chi connectivity index (χ4v) is 2.52. The van der Waals surface area contributed by atoms with E-state index in [-0.39, 0.29) is 6.09 Å². The molecule has 0 spiro atoms. The molecule has 0 unspecified atom stereocenters. The fourth-order valence-electron chi connectivity index (χ4n) is 2.52. The topological polar surface area (TPSA) is 50.8 Å². The number of piperidine rings is 1. The number of anilines is 1.